The van der Waals surface area contributed by atoms with E-state index in [1.807, 2.05) is 59.3 Å². The van der Waals surface area contributed by atoms with Gasteiger partial charge in [0.2, 0.25) is 0 Å². The van der Waals surface area contributed by atoms with Gasteiger partial charge in [0.1, 0.15) is 17.1 Å². The van der Waals surface area contributed by atoms with E-state index in [1.54, 1.807) is 27.0 Å². The number of amides is 2. The molecule has 1 aromatic carbocycles. The number of anilines is 3. The molecule has 0 saturated carbocycles. The number of hydrogen-bond donors (Lipinski definition) is 1. The minimum atomic E-state index is -0.729. The highest BCUT2D eigenvalue weighted by Gasteiger charge is 2.39. The van der Waals surface area contributed by atoms with Crippen LogP contribution in [-0.4, -0.2) is 75.0 Å². The van der Waals surface area contributed by atoms with E-state index in [0.717, 1.165) is 59.2 Å². The van der Waals surface area contributed by atoms with Gasteiger partial charge in [0.15, 0.2) is 0 Å². The van der Waals surface area contributed by atoms with E-state index in [-0.39, 0.29) is 6.54 Å². The maximum absolute atomic E-state index is 13.7. The molecule has 2 aliphatic rings. The molecule has 0 unspecified atom stereocenters. The summed E-state index contributed by atoms with van der Waals surface area (Å²) in [4.78, 5) is 41.8. The summed E-state index contributed by atoms with van der Waals surface area (Å²) in [6.45, 7) is 9.40. The number of benzene rings is 1. The Labute approximate surface area is 233 Å². The van der Waals surface area contributed by atoms with Crippen LogP contribution in [-0.2, 0) is 11.3 Å². The van der Waals surface area contributed by atoms with E-state index in [1.165, 1.54) is 0 Å². The average molecular weight is 540 g/mol. The van der Waals surface area contributed by atoms with Gasteiger partial charge in [-0.05, 0) is 63.7 Å². The molecule has 0 spiro atoms. The van der Waals surface area contributed by atoms with Gasteiger partial charge in [-0.2, -0.15) is 0 Å². The number of pyridine rings is 2. The van der Waals surface area contributed by atoms with Crippen LogP contribution in [0.4, 0.5) is 22.0 Å². The third-order valence-corrected chi connectivity index (χ3v) is 7.27. The Balaban J connectivity index is 1.35. The van der Waals surface area contributed by atoms with Crippen molar-refractivity contribution in [2.24, 2.45) is 0 Å². The zero-order chi connectivity index (χ0) is 28.0. The standard InChI is InChI=1S/C30H33N7O3/c1-30(2,3)40-29(39)37-19-22-21(24-18-32-26-7-5-6-12-36(24)26)9-10-23(27(22)28(37)38)33-25-11-8-20(17-31-25)35-15-13-34(4)14-16-35/h5-12,17-18H,13-16,19H2,1-4H3,(H,31,33). The summed E-state index contributed by atoms with van der Waals surface area (Å²) >= 11 is 0. The minimum Gasteiger partial charge on any atom is -0.443 e. The third kappa shape index (κ3) is 4.86. The number of carbonyl (C=O) groups excluding carboxylic acids is 2. The van der Waals surface area contributed by atoms with Crippen LogP contribution in [0.5, 0.6) is 0 Å². The van der Waals surface area contributed by atoms with Gasteiger partial charge in [-0.15, -0.1) is 0 Å². The van der Waals surface area contributed by atoms with Crippen molar-refractivity contribution in [2.75, 3.05) is 43.4 Å². The largest absolute Gasteiger partial charge is 0.443 e. The first-order chi connectivity index (χ1) is 19.2. The summed E-state index contributed by atoms with van der Waals surface area (Å²) in [6, 6.07) is 13.6. The fourth-order valence-corrected chi connectivity index (χ4v) is 5.21. The highest BCUT2D eigenvalue weighted by Crippen LogP contribution is 2.39. The number of likely N-dealkylation sites (N-methyl/N-ethyl adjacent to an activating group) is 1. The van der Waals surface area contributed by atoms with E-state index < -0.39 is 17.6 Å². The predicted octanol–water partition coefficient (Wildman–Crippen LogP) is 4.78. The number of fused-ring (bicyclic) bond motifs is 2. The van der Waals surface area contributed by atoms with Crippen molar-refractivity contribution >= 4 is 34.8 Å². The fraction of sp³-hybridized carbons (Fsp3) is 0.333. The van der Waals surface area contributed by atoms with Crippen LogP contribution in [0, 0.1) is 0 Å². The molecule has 1 fully saturated rings. The van der Waals surface area contributed by atoms with Crippen LogP contribution in [0.3, 0.4) is 0 Å². The number of nitrogens with one attached hydrogen (secondary N) is 1. The molecule has 5 heterocycles. The van der Waals surface area contributed by atoms with E-state index in [2.05, 4.69) is 32.1 Å². The number of piperazine rings is 1. The molecule has 6 rings (SSSR count). The van der Waals surface area contributed by atoms with E-state index in [0.29, 0.717) is 17.1 Å². The fourth-order valence-electron chi connectivity index (χ4n) is 5.21. The molecule has 3 aromatic heterocycles. The summed E-state index contributed by atoms with van der Waals surface area (Å²) in [5.41, 5.74) is 4.56. The maximum Gasteiger partial charge on any atom is 0.417 e. The number of ether oxygens (including phenoxy) is 1. The van der Waals surface area contributed by atoms with Crippen molar-refractivity contribution in [3.8, 4) is 11.3 Å². The lowest BCUT2D eigenvalue weighted by molar-refractivity contribution is 0.0248. The second-order valence-corrected chi connectivity index (χ2v) is 11.3. The van der Waals surface area contributed by atoms with Crippen molar-refractivity contribution in [3.05, 3.63) is 72.2 Å². The Hall–Kier alpha value is -4.44. The molecular weight excluding hydrogens is 506 g/mol. The summed E-state index contributed by atoms with van der Waals surface area (Å²) in [7, 11) is 2.13. The molecule has 10 heteroatoms. The monoisotopic (exact) mass is 539 g/mol. The summed E-state index contributed by atoms with van der Waals surface area (Å²) in [5.74, 6) is 0.211. The van der Waals surface area contributed by atoms with Gasteiger partial charge in [0.25, 0.3) is 5.91 Å². The summed E-state index contributed by atoms with van der Waals surface area (Å²) in [5, 5.41) is 3.33. The van der Waals surface area contributed by atoms with Gasteiger partial charge < -0.3 is 19.9 Å². The molecule has 2 aliphatic heterocycles. The van der Waals surface area contributed by atoms with E-state index in [4.69, 9.17) is 4.74 Å². The quantitative estimate of drug-likeness (QED) is 0.396. The Morgan fingerprint density at radius 2 is 1.77 bits per heavy atom. The molecule has 1 N–H and O–H groups in total. The van der Waals surface area contributed by atoms with Crippen molar-refractivity contribution < 1.29 is 14.3 Å². The molecule has 1 saturated heterocycles. The van der Waals surface area contributed by atoms with Gasteiger partial charge in [-0.1, -0.05) is 12.1 Å². The molecular formula is C30H33N7O3. The maximum atomic E-state index is 13.7. The second kappa shape index (κ2) is 9.95. The molecule has 10 nitrogen and oxygen atoms in total. The lowest BCUT2D eigenvalue weighted by Crippen LogP contribution is -2.44. The predicted molar refractivity (Wildman–Crippen MR) is 154 cm³/mol. The third-order valence-electron chi connectivity index (χ3n) is 7.27. The van der Waals surface area contributed by atoms with Crippen LogP contribution in [0.1, 0.15) is 36.7 Å². The van der Waals surface area contributed by atoms with Crippen molar-refractivity contribution in [1.82, 2.24) is 24.2 Å². The SMILES string of the molecule is CN1CCN(c2ccc(Nc3ccc(-c4cnc5ccccn45)c4c3C(=O)N(C(=O)OC(C)(C)C)C4)nc2)CC1. The number of imide groups is 1. The molecule has 0 radical (unpaired) electrons. The zero-order valence-corrected chi connectivity index (χ0v) is 23.2. The smallest absolute Gasteiger partial charge is 0.417 e. The van der Waals surface area contributed by atoms with Crippen LogP contribution >= 0.6 is 0 Å². The first-order valence-electron chi connectivity index (χ1n) is 13.5. The molecule has 40 heavy (non-hydrogen) atoms. The Kier molecular flexibility index (Phi) is 6.42. The minimum absolute atomic E-state index is 0.101. The Morgan fingerprint density at radius 3 is 2.50 bits per heavy atom. The Bertz CT molecular complexity index is 1580. The number of aromatic nitrogens is 3. The summed E-state index contributed by atoms with van der Waals surface area (Å²) < 4.78 is 7.54. The first kappa shape index (κ1) is 25.8. The van der Waals surface area contributed by atoms with Crippen molar-refractivity contribution in [2.45, 2.75) is 32.9 Å². The van der Waals surface area contributed by atoms with Gasteiger partial charge in [0.05, 0.1) is 41.6 Å². The van der Waals surface area contributed by atoms with Crippen LogP contribution in [0.2, 0.25) is 0 Å². The molecule has 0 bridgehead atoms. The molecule has 4 aromatic rings. The van der Waals surface area contributed by atoms with Gasteiger partial charge in [0, 0.05) is 37.9 Å². The molecule has 2 amide bonds. The number of imidazole rings is 1. The summed E-state index contributed by atoms with van der Waals surface area (Å²) in [6.07, 6.45) is 4.91. The topological polar surface area (TPSA) is 95.3 Å². The van der Waals surface area contributed by atoms with Gasteiger partial charge in [-0.25, -0.2) is 19.7 Å². The van der Waals surface area contributed by atoms with Gasteiger partial charge >= 0.3 is 6.09 Å². The Morgan fingerprint density at radius 1 is 0.975 bits per heavy atom. The van der Waals surface area contributed by atoms with E-state index >= 15 is 0 Å². The van der Waals surface area contributed by atoms with Crippen molar-refractivity contribution in [1.29, 1.82) is 0 Å². The zero-order valence-electron chi connectivity index (χ0n) is 23.2. The first-order valence-corrected chi connectivity index (χ1v) is 13.5. The number of nitrogens with zero attached hydrogens (tertiary/aromatic N) is 6. The number of hydrogen-bond acceptors (Lipinski definition) is 8. The molecule has 0 aliphatic carbocycles. The number of rotatable bonds is 4. The lowest BCUT2D eigenvalue weighted by Gasteiger charge is -2.33. The van der Waals surface area contributed by atoms with Crippen LogP contribution in [0.25, 0.3) is 16.9 Å². The second-order valence-electron chi connectivity index (χ2n) is 11.3. The normalized spacial score (nSPS) is 15.9. The van der Waals surface area contributed by atoms with Gasteiger partial charge in [-0.3, -0.25) is 9.20 Å². The highest BCUT2D eigenvalue weighted by atomic mass is 16.6. The van der Waals surface area contributed by atoms with Crippen molar-refractivity contribution in [3.63, 3.8) is 0 Å². The average Bonchev–Trinajstić information content (AvgIpc) is 3.51. The van der Waals surface area contributed by atoms with Crippen LogP contribution in [0.15, 0.2) is 61.1 Å². The highest BCUT2D eigenvalue weighted by molar-refractivity contribution is 6.11. The van der Waals surface area contributed by atoms with Crippen LogP contribution < -0.4 is 10.2 Å². The molecule has 206 valence electrons. The lowest BCUT2D eigenvalue weighted by atomic mass is 9.99. The molecule has 0 atom stereocenters. The van der Waals surface area contributed by atoms with E-state index in [9.17, 15) is 9.59 Å². The number of carbonyl (C=O) groups is 2.